The van der Waals surface area contributed by atoms with Gasteiger partial charge in [-0.3, -0.25) is 4.79 Å². The van der Waals surface area contributed by atoms with Crippen molar-refractivity contribution in [1.29, 1.82) is 0 Å². The van der Waals surface area contributed by atoms with E-state index in [1.165, 1.54) is 6.07 Å². The van der Waals surface area contributed by atoms with Gasteiger partial charge in [-0.2, -0.15) is 0 Å². The second-order valence-electron chi connectivity index (χ2n) is 10.1. The number of hydrogen-bond acceptors (Lipinski definition) is 6. The second-order valence-corrected chi connectivity index (χ2v) is 10.1. The molecule has 1 N–H and O–H groups in total. The smallest absolute Gasteiger partial charge is 0.249 e. The van der Waals surface area contributed by atoms with Gasteiger partial charge in [0, 0.05) is 36.6 Å². The number of carbonyl (C=O) groups excluding carboxylic acids is 1. The van der Waals surface area contributed by atoms with Crippen LogP contribution < -0.4 is 15.1 Å². The molecule has 8 nitrogen and oxygen atoms in total. The Morgan fingerprint density at radius 1 is 1.00 bits per heavy atom. The molecular weight excluding hydrogens is 469 g/mol. The Bertz CT molecular complexity index is 1510. The van der Waals surface area contributed by atoms with Crippen molar-refractivity contribution in [2.75, 3.05) is 22.2 Å². The molecule has 0 bridgehead atoms. The van der Waals surface area contributed by atoms with E-state index in [9.17, 15) is 4.79 Å². The van der Waals surface area contributed by atoms with Crippen molar-refractivity contribution < 1.29 is 9.18 Å². The molecule has 1 amide bonds. The van der Waals surface area contributed by atoms with Crippen LogP contribution in [0.5, 0.6) is 0 Å². The molecule has 1 aliphatic rings. The van der Waals surface area contributed by atoms with Gasteiger partial charge in [-0.1, -0.05) is 0 Å². The fourth-order valence-electron chi connectivity index (χ4n) is 5.32. The first kappa shape index (κ1) is 24.7. The SMILES string of the molecule is Cc1nc2c(F)cc(-c3ccnc(Nc4ccc5c(c4)N(C(C)C)[C@H](C)C(=O)N5C)n3)cc2n1C(C)C. The monoisotopic (exact) mass is 501 g/mol. The number of imidazole rings is 1. The quantitative estimate of drug-likeness (QED) is 0.370. The number of aryl methyl sites for hydroxylation is 1. The third kappa shape index (κ3) is 4.18. The van der Waals surface area contributed by atoms with Gasteiger partial charge in [0.15, 0.2) is 5.82 Å². The molecule has 9 heteroatoms. The maximum absolute atomic E-state index is 15.0. The average molecular weight is 502 g/mol. The molecule has 0 saturated carbocycles. The van der Waals surface area contributed by atoms with Crippen LogP contribution in [-0.2, 0) is 4.79 Å². The molecule has 37 heavy (non-hydrogen) atoms. The molecular formula is C28H32FN7O. The molecule has 0 saturated heterocycles. The lowest BCUT2D eigenvalue weighted by molar-refractivity contribution is -0.119. The van der Waals surface area contributed by atoms with Crippen LogP contribution in [0.15, 0.2) is 42.6 Å². The Kier molecular flexibility index (Phi) is 6.09. The zero-order valence-electron chi connectivity index (χ0n) is 22.2. The molecule has 5 rings (SSSR count). The van der Waals surface area contributed by atoms with Crippen LogP contribution in [0.2, 0.25) is 0 Å². The van der Waals surface area contributed by atoms with Crippen LogP contribution >= 0.6 is 0 Å². The number of anilines is 4. The first-order valence-electron chi connectivity index (χ1n) is 12.5. The van der Waals surface area contributed by atoms with E-state index in [1.54, 1.807) is 24.2 Å². The van der Waals surface area contributed by atoms with Crippen LogP contribution in [-0.4, -0.2) is 44.6 Å². The van der Waals surface area contributed by atoms with E-state index >= 15 is 4.39 Å². The highest BCUT2D eigenvalue weighted by molar-refractivity contribution is 6.05. The third-order valence-corrected chi connectivity index (χ3v) is 6.93. The largest absolute Gasteiger partial charge is 0.356 e. The Labute approximate surface area is 216 Å². The molecule has 192 valence electrons. The van der Waals surface area contributed by atoms with Crippen molar-refractivity contribution in [2.24, 2.45) is 0 Å². The van der Waals surface area contributed by atoms with E-state index in [1.807, 2.05) is 42.7 Å². The summed E-state index contributed by atoms with van der Waals surface area (Å²) in [7, 11) is 1.80. The summed E-state index contributed by atoms with van der Waals surface area (Å²) in [5.41, 5.74) is 4.99. The standard InChI is InChI=1S/C28H32FN7O/c1-15(2)35-17(5)27(37)34(7)23-9-8-20(14-24(23)35)32-28-30-11-10-22(33-28)19-12-21(29)26-25(13-19)36(16(3)4)18(6)31-26/h8-17H,1-7H3,(H,30,32,33)/t17-/m1/s1. The molecule has 1 aliphatic heterocycles. The molecule has 4 aromatic rings. The lowest BCUT2D eigenvalue weighted by Gasteiger charge is -2.42. The molecule has 0 fully saturated rings. The summed E-state index contributed by atoms with van der Waals surface area (Å²) in [5.74, 6) is 0.863. The predicted molar refractivity (Wildman–Crippen MR) is 146 cm³/mol. The number of likely N-dealkylation sites (N-methyl/N-ethyl adjacent to an activating group) is 1. The summed E-state index contributed by atoms with van der Waals surface area (Å²) >= 11 is 0. The molecule has 2 aromatic heterocycles. The van der Waals surface area contributed by atoms with Crippen LogP contribution in [0.25, 0.3) is 22.3 Å². The topological polar surface area (TPSA) is 79.2 Å². The highest BCUT2D eigenvalue weighted by Crippen LogP contribution is 2.39. The lowest BCUT2D eigenvalue weighted by Crippen LogP contribution is -2.53. The number of benzene rings is 2. The third-order valence-electron chi connectivity index (χ3n) is 6.93. The fraction of sp³-hybridized carbons (Fsp3) is 0.357. The normalized spacial score (nSPS) is 15.7. The van der Waals surface area contributed by atoms with Crippen molar-refractivity contribution in [3.63, 3.8) is 0 Å². The Morgan fingerprint density at radius 2 is 1.76 bits per heavy atom. The number of nitrogens with zero attached hydrogens (tertiary/aromatic N) is 6. The Hall–Kier alpha value is -4.01. The Morgan fingerprint density at radius 3 is 2.46 bits per heavy atom. The van der Waals surface area contributed by atoms with E-state index in [4.69, 9.17) is 0 Å². The van der Waals surface area contributed by atoms with Crippen molar-refractivity contribution >= 4 is 40.0 Å². The van der Waals surface area contributed by atoms with E-state index in [2.05, 4.69) is 52.9 Å². The van der Waals surface area contributed by atoms with Gasteiger partial charge in [-0.25, -0.2) is 19.3 Å². The molecule has 0 spiro atoms. The van der Waals surface area contributed by atoms with Crippen molar-refractivity contribution in [1.82, 2.24) is 19.5 Å². The summed E-state index contributed by atoms with van der Waals surface area (Å²) in [5, 5.41) is 3.29. The molecule has 0 radical (unpaired) electrons. The summed E-state index contributed by atoms with van der Waals surface area (Å²) in [6.45, 7) is 12.1. The fourth-order valence-corrected chi connectivity index (χ4v) is 5.32. The van der Waals surface area contributed by atoms with Gasteiger partial charge in [0.2, 0.25) is 11.9 Å². The van der Waals surface area contributed by atoms with Crippen molar-refractivity contribution in [3.8, 4) is 11.3 Å². The molecule has 0 aliphatic carbocycles. The molecule has 2 aromatic carbocycles. The minimum Gasteiger partial charge on any atom is -0.356 e. The summed E-state index contributed by atoms with van der Waals surface area (Å²) in [6.07, 6.45) is 1.66. The number of hydrogen-bond donors (Lipinski definition) is 1. The van der Waals surface area contributed by atoms with Gasteiger partial charge in [-0.05, 0) is 77.9 Å². The number of fused-ring (bicyclic) bond motifs is 2. The summed E-state index contributed by atoms with van der Waals surface area (Å²) in [4.78, 5) is 30.1. The van der Waals surface area contributed by atoms with Crippen molar-refractivity contribution in [2.45, 2.75) is 59.7 Å². The summed E-state index contributed by atoms with van der Waals surface area (Å²) in [6, 6.07) is 11.0. The number of amides is 1. The first-order chi connectivity index (χ1) is 17.6. The van der Waals surface area contributed by atoms with E-state index in [-0.39, 0.29) is 29.8 Å². The first-order valence-corrected chi connectivity index (χ1v) is 12.5. The van der Waals surface area contributed by atoms with Gasteiger partial charge < -0.3 is 19.7 Å². The minimum atomic E-state index is -0.376. The predicted octanol–water partition coefficient (Wildman–Crippen LogP) is 5.85. The van der Waals surface area contributed by atoms with Crippen LogP contribution in [0.1, 0.15) is 46.5 Å². The molecule has 0 unspecified atom stereocenters. The molecule has 3 heterocycles. The highest BCUT2D eigenvalue weighted by Gasteiger charge is 2.35. The van der Waals surface area contributed by atoms with Crippen molar-refractivity contribution in [3.05, 3.63) is 54.2 Å². The molecule has 1 atom stereocenters. The van der Waals surface area contributed by atoms with Gasteiger partial charge >= 0.3 is 0 Å². The number of aromatic nitrogens is 4. The van der Waals surface area contributed by atoms with Gasteiger partial charge in [0.05, 0.1) is 22.6 Å². The van der Waals surface area contributed by atoms with E-state index in [0.717, 1.165) is 28.4 Å². The lowest BCUT2D eigenvalue weighted by atomic mass is 10.0. The zero-order valence-corrected chi connectivity index (χ0v) is 22.2. The van der Waals surface area contributed by atoms with Crippen LogP contribution in [0.4, 0.5) is 27.4 Å². The number of halogens is 1. The number of carbonyl (C=O) groups is 1. The van der Waals surface area contributed by atoms with Gasteiger partial charge in [0.1, 0.15) is 17.4 Å². The van der Waals surface area contributed by atoms with E-state index in [0.29, 0.717) is 22.7 Å². The number of nitrogens with one attached hydrogen (secondary N) is 1. The number of rotatable bonds is 5. The highest BCUT2D eigenvalue weighted by atomic mass is 19.1. The summed E-state index contributed by atoms with van der Waals surface area (Å²) < 4.78 is 17.0. The van der Waals surface area contributed by atoms with Crippen LogP contribution in [0.3, 0.4) is 0 Å². The minimum absolute atomic E-state index is 0.0659. The average Bonchev–Trinajstić information content (AvgIpc) is 3.19. The maximum atomic E-state index is 15.0. The maximum Gasteiger partial charge on any atom is 0.249 e. The van der Waals surface area contributed by atoms with Gasteiger partial charge in [-0.15, -0.1) is 0 Å². The zero-order chi connectivity index (χ0) is 26.6. The second kappa shape index (κ2) is 9.14. The Balaban J connectivity index is 1.51. The van der Waals surface area contributed by atoms with Gasteiger partial charge in [0.25, 0.3) is 0 Å². The van der Waals surface area contributed by atoms with Crippen LogP contribution in [0, 0.1) is 12.7 Å². The van der Waals surface area contributed by atoms with E-state index < -0.39 is 0 Å².